The van der Waals surface area contributed by atoms with Crippen molar-refractivity contribution in [1.82, 2.24) is 0 Å². The summed E-state index contributed by atoms with van der Waals surface area (Å²) >= 11 is 3.59. The molecule has 2 rings (SSSR count). The molecule has 1 unspecified atom stereocenters. The third-order valence-corrected chi connectivity index (χ3v) is 3.86. The van der Waals surface area contributed by atoms with Gasteiger partial charge in [0, 0.05) is 10.5 Å². The third-order valence-electron chi connectivity index (χ3n) is 3.17. The van der Waals surface area contributed by atoms with Crippen molar-refractivity contribution in [1.29, 1.82) is 0 Å². The van der Waals surface area contributed by atoms with E-state index in [1.807, 2.05) is 0 Å². The van der Waals surface area contributed by atoms with Gasteiger partial charge < -0.3 is 5.73 Å². The van der Waals surface area contributed by atoms with E-state index in [2.05, 4.69) is 73.1 Å². The summed E-state index contributed by atoms with van der Waals surface area (Å²) in [6.45, 7) is 6.53. The van der Waals surface area contributed by atoms with Gasteiger partial charge in [-0.3, -0.25) is 0 Å². The van der Waals surface area contributed by atoms with Crippen LogP contribution in [-0.4, -0.2) is 0 Å². The first-order valence-corrected chi connectivity index (χ1v) is 6.63. The summed E-state index contributed by atoms with van der Waals surface area (Å²) in [6.07, 6.45) is 0. The standard InChI is InChI=1S/C15H18BrN/c1-15(2,3)14(17)12-8-9-13(16)11-7-5-4-6-10(11)12/h4-9,14H,17H2,1-3H3. The van der Waals surface area contributed by atoms with Gasteiger partial charge in [-0.25, -0.2) is 0 Å². The van der Waals surface area contributed by atoms with Gasteiger partial charge in [0.05, 0.1) is 0 Å². The lowest BCUT2D eigenvalue weighted by Gasteiger charge is -2.28. The lowest BCUT2D eigenvalue weighted by Crippen LogP contribution is -2.26. The zero-order valence-electron chi connectivity index (χ0n) is 10.5. The van der Waals surface area contributed by atoms with Crippen LogP contribution in [0.1, 0.15) is 32.4 Å². The predicted octanol–water partition coefficient (Wildman–Crippen LogP) is 4.65. The summed E-state index contributed by atoms with van der Waals surface area (Å²) < 4.78 is 1.12. The van der Waals surface area contributed by atoms with Crippen LogP contribution in [0.25, 0.3) is 10.8 Å². The van der Waals surface area contributed by atoms with Crippen molar-refractivity contribution in [3.8, 4) is 0 Å². The maximum absolute atomic E-state index is 6.37. The Morgan fingerprint density at radius 2 is 1.59 bits per heavy atom. The molecule has 0 aromatic heterocycles. The summed E-state index contributed by atoms with van der Waals surface area (Å²) in [5.41, 5.74) is 7.66. The van der Waals surface area contributed by atoms with Gasteiger partial charge in [0.1, 0.15) is 0 Å². The van der Waals surface area contributed by atoms with E-state index in [1.165, 1.54) is 16.3 Å². The van der Waals surface area contributed by atoms with Crippen LogP contribution in [0.5, 0.6) is 0 Å². The van der Waals surface area contributed by atoms with Gasteiger partial charge in [-0.2, -0.15) is 0 Å². The fourth-order valence-corrected chi connectivity index (χ4v) is 2.50. The van der Waals surface area contributed by atoms with E-state index in [1.54, 1.807) is 0 Å². The minimum Gasteiger partial charge on any atom is -0.323 e. The zero-order valence-corrected chi connectivity index (χ0v) is 12.1. The SMILES string of the molecule is CC(C)(C)C(N)c1ccc(Br)c2ccccc12. The van der Waals surface area contributed by atoms with Crippen LogP contribution in [0.4, 0.5) is 0 Å². The van der Waals surface area contributed by atoms with Crippen LogP contribution in [0.3, 0.4) is 0 Å². The summed E-state index contributed by atoms with van der Waals surface area (Å²) in [5.74, 6) is 0. The third kappa shape index (κ3) is 2.38. The fourth-order valence-electron chi connectivity index (χ4n) is 2.02. The van der Waals surface area contributed by atoms with Gasteiger partial charge in [0.15, 0.2) is 0 Å². The first-order valence-electron chi connectivity index (χ1n) is 5.84. The second-order valence-corrected chi connectivity index (χ2v) is 6.38. The molecule has 0 radical (unpaired) electrons. The summed E-state index contributed by atoms with van der Waals surface area (Å²) in [5, 5.41) is 2.47. The highest BCUT2D eigenvalue weighted by atomic mass is 79.9. The first kappa shape index (κ1) is 12.6. The largest absolute Gasteiger partial charge is 0.323 e. The molecule has 0 aliphatic rings. The number of hydrogen-bond donors (Lipinski definition) is 1. The minimum atomic E-state index is 0.0421. The molecule has 0 saturated carbocycles. The minimum absolute atomic E-state index is 0.0421. The lowest BCUT2D eigenvalue weighted by molar-refractivity contribution is 0.328. The number of hydrogen-bond acceptors (Lipinski definition) is 1. The molecule has 2 aromatic rings. The highest BCUT2D eigenvalue weighted by Gasteiger charge is 2.23. The van der Waals surface area contributed by atoms with Gasteiger partial charge in [-0.05, 0) is 27.8 Å². The summed E-state index contributed by atoms with van der Waals surface area (Å²) in [6, 6.07) is 12.6. The molecule has 2 aromatic carbocycles. The van der Waals surface area contributed by atoms with Gasteiger partial charge in [0.2, 0.25) is 0 Å². The van der Waals surface area contributed by atoms with Gasteiger partial charge in [0.25, 0.3) is 0 Å². The van der Waals surface area contributed by atoms with Crippen molar-refractivity contribution >= 4 is 26.7 Å². The Hall–Kier alpha value is -0.860. The van der Waals surface area contributed by atoms with Crippen LogP contribution in [0, 0.1) is 5.41 Å². The van der Waals surface area contributed by atoms with Crippen molar-refractivity contribution in [2.75, 3.05) is 0 Å². The first-order chi connectivity index (χ1) is 7.91. The van der Waals surface area contributed by atoms with Gasteiger partial charge >= 0.3 is 0 Å². The number of benzene rings is 2. The number of rotatable bonds is 1. The molecule has 2 heteroatoms. The topological polar surface area (TPSA) is 26.0 Å². The van der Waals surface area contributed by atoms with E-state index in [4.69, 9.17) is 5.73 Å². The molecule has 0 spiro atoms. The molecule has 0 fully saturated rings. The van der Waals surface area contributed by atoms with Crippen LogP contribution < -0.4 is 5.73 Å². The van der Waals surface area contributed by atoms with Crippen LogP contribution >= 0.6 is 15.9 Å². The molecule has 1 atom stereocenters. The molecule has 0 bridgehead atoms. The molecule has 17 heavy (non-hydrogen) atoms. The molecule has 0 aliphatic carbocycles. The van der Waals surface area contributed by atoms with E-state index in [0.29, 0.717) is 0 Å². The molecule has 2 N–H and O–H groups in total. The Morgan fingerprint density at radius 3 is 2.18 bits per heavy atom. The zero-order chi connectivity index (χ0) is 12.6. The van der Waals surface area contributed by atoms with Crippen LogP contribution in [0.15, 0.2) is 40.9 Å². The van der Waals surface area contributed by atoms with Crippen molar-refractivity contribution in [3.63, 3.8) is 0 Å². The second-order valence-electron chi connectivity index (χ2n) is 5.53. The quantitative estimate of drug-likeness (QED) is 0.813. The van der Waals surface area contributed by atoms with E-state index < -0.39 is 0 Å². The smallest absolute Gasteiger partial charge is 0.0350 e. The van der Waals surface area contributed by atoms with Crippen molar-refractivity contribution in [3.05, 3.63) is 46.4 Å². The van der Waals surface area contributed by atoms with Crippen LogP contribution in [0.2, 0.25) is 0 Å². The molecule has 0 saturated heterocycles. The van der Waals surface area contributed by atoms with Crippen molar-refractivity contribution < 1.29 is 0 Å². The molecular formula is C15H18BrN. The average molecular weight is 292 g/mol. The summed E-state index contributed by atoms with van der Waals surface area (Å²) in [7, 11) is 0. The average Bonchev–Trinajstić information content (AvgIpc) is 2.28. The number of fused-ring (bicyclic) bond motifs is 1. The highest BCUT2D eigenvalue weighted by molar-refractivity contribution is 9.10. The maximum atomic E-state index is 6.37. The fraction of sp³-hybridized carbons (Fsp3) is 0.333. The van der Waals surface area contributed by atoms with Crippen molar-refractivity contribution in [2.24, 2.45) is 11.1 Å². The number of nitrogens with two attached hydrogens (primary N) is 1. The van der Waals surface area contributed by atoms with E-state index in [-0.39, 0.29) is 11.5 Å². The molecular weight excluding hydrogens is 274 g/mol. The highest BCUT2D eigenvalue weighted by Crippen LogP contribution is 2.36. The van der Waals surface area contributed by atoms with Crippen LogP contribution in [-0.2, 0) is 0 Å². The molecule has 90 valence electrons. The molecule has 1 nitrogen and oxygen atoms in total. The Labute approximate surface area is 111 Å². The molecule has 0 aliphatic heterocycles. The van der Waals surface area contributed by atoms with E-state index in [0.717, 1.165) is 4.47 Å². The second kappa shape index (κ2) is 4.43. The Balaban J connectivity index is 2.67. The van der Waals surface area contributed by atoms with Gasteiger partial charge in [-0.1, -0.05) is 67.0 Å². The van der Waals surface area contributed by atoms with Crippen molar-refractivity contribution in [2.45, 2.75) is 26.8 Å². The Kier molecular flexibility index (Phi) is 3.28. The Morgan fingerprint density at radius 1 is 1.00 bits per heavy atom. The monoisotopic (exact) mass is 291 g/mol. The van der Waals surface area contributed by atoms with Gasteiger partial charge in [-0.15, -0.1) is 0 Å². The Bertz CT molecular complexity index is 540. The lowest BCUT2D eigenvalue weighted by atomic mass is 9.81. The summed E-state index contributed by atoms with van der Waals surface area (Å²) in [4.78, 5) is 0. The normalized spacial score (nSPS) is 13.9. The van der Waals surface area contributed by atoms with E-state index in [9.17, 15) is 0 Å². The predicted molar refractivity (Wildman–Crippen MR) is 78.0 cm³/mol. The van der Waals surface area contributed by atoms with E-state index >= 15 is 0 Å². The molecule has 0 heterocycles. The molecule has 0 amide bonds. The number of halogens is 1. The maximum Gasteiger partial charge on any atom is 0.0350 e.